The number of ether oxygens (including phenoxy) is 2. The van der Waals surface area contributed by atoms with Crippen molar-refractivity contribution in [3.8, 4) is 17.6 Å². The van der Waals surface area contributed by atoms with E-state index in [4.69, 9.17) is 31.2 Å². The molecule has 5 rings (SSSR count). The molecule has 0 bridgehead atoms. The summed E-state index contributed by atoms with van der Waals surface area (Å²) in [6.45, 7) is 3.64. The van der Waals surface area contributed by atoms with Crippen LogP contribution in [0.1, 0.15) is 38.7 Å². The fraction of sp³-hybridized carbons (Fsp3) is 0.111. The third-order valence-corrected chi connectivity index (χ3v) is 6.89. The summed E-state index contributed by atoms with van der Waals surface area (Å²) in [5, 5.41) is 11.1. The number of hydrogen-bond donors (Lipinski definition) is 1. The zero-order chi connectivity index (χ0) is 24.9. The second-order valence-corrected chi connectivity index (χ2v) is 9.55. The van der Waals surface area contributed by atoms with E-state index in [-0.39, 0.29) is 17.4 Å². The summed E-state index contributed by atoms with van der Waals surface area (Å²) in [5.41, 5.74) is 10.1. The molecule has 35 heavy (non-hydrogen) atoms. The number of furan rings is 1. The normalized spacial score (nSPS) is 14.9. The molecule has 4 aromatic rings. The highest BCUT2D eigenvalue weighted by Gasteiger charge is 2.31. The molecule has 0 saturated heterocycles. The van der Waals surface area contributed by atoms with E-state index < -0.39 is 11.9 Å². The van der Waals surface area contributed by atoms with Crippen LogP contribution in [0.15, 0.2) is 74.9 Å². The van der Waals surface area contributed by atoms with E-state index in [1.165, 1.54) is 0 Å². The highest BCUT2D eigenvalue weighted by molar-refractivity contribution is 9.10. The van der Waals surface area contributed by atoms with Crippen LogP contribution in [0.25, 0.3) is 11.0 Å². The van der Waals surface area contributed by atoms with Gasteiger partial charge in [0.1, 0.15) is 28.7 Å². The van der Waals surface area contributed by atoms with Crippen LogP contribution in [0.4, 0.5) is 0 Å². The quantitative estimate of drug-likeness (QED) is 0.220. The van der Waals surface area contributed by atoms with E-state index in [0.29, 0.717) is 27.5 Å². The Morgan fingerprint density at radius 1 is 1.17 bits per heavy atom. The summed E-state index contributed by atoms with van der Waals surface area (Å²) in [6.07, 6.45) is 0. The van der Waals surface area contributed by atoms with Crippen molar-refractivity contribution < 1.29 is 18.7 Å². The molecular weight excluding hydrogens is 532 g/mol. The van der Waals surface area contributed by atoms with Gasteiger partial charge in [-0.15, -0.1) is 0 Å². The smallest absolute Gasteiger partial charge is 0.379 e. The van der Waals surface area contributed by atoms with Crippen LogP contribution in [-0.2, 0) is 0 Å². The average molecular weight is 550 g/mol. The fourth-order valence-electron chi connectivity index (χ4n) is 4.22. The van der Waals surface area contributed by atoms with Gasteiger partial charge in [-0.2, -0.15) is 5.26 Å². The summed E-state index contributed by atoms with van der Waals surface area (Å²) >= 11 is 9.71. The molecule has 1 unspecified atom stereocenters. The Labute approximate surface area is 214 Å². The van der Waals surface area contributed by atoms with Crippen LogP contribution in [0, 0.1) is 25.2 Å². The molecule has 3 aromatic carbocycles. The minimum absolute atomic E-state index is 0.00818. The van der Waals surface area contributed by atoms with Crippen molar-refractivity contribution in [3.05, 3.63) is 104 Å². The van der Waals surface area contributed by atoms with E-state index in [9.17, 15) is 10.1 Å². The number of halogens is 2. The van der Waals surface area contributed by atoms with E-state index >= 15 is 0 Å². The topological polar surface area (TPSA) is 98.5 Å². The lowest BCUT2D eigenvalue weighted by molar-refractivity contribution is 0.0702. The molecule has 0 amide bonds. The highest BCUT2D eigenvalue weighted by Crippen LogP contribution is 2.44. The van der Waals surface area contributed by atoms with Crippen molar-refractivity contribution in [2.24, 2.45) is 5.73 Å². The Hall–Kier alpha value is -3.73. The van der Waals surface area contributed by atoms with Gasteiger partial charge in [0.15, 0.2) is 0 Å². The largest absolute Gasteiger partial charge is 0.449 e. The molecular formula is C27H18BrClN2O4. The molecule has 2 N–H and O–H groups in total. The van der Waals surface area contributed by atoms with Crippen molar-refractivity contribution in [2.75, 3.05) is 0 Å². The number of carbonyl (C=O) groups excluding carboxylic acids is 1. The molecule has 0 spiro atoms. The molecule has 0 fully saturated rings. The Bertz CT molecular complexity index is 1600. The van der Waals surface area contributed by atoms with Gasteiger partial charge in [0.25, 0.3) is 0 Å². The third kappa shape index (κ3) is 4.05. The summed E-state index contributed by atoms with van der Waals surface area (Å²) in [6, 6.07) is 18.4. The number of aryl methyl sites for hydroxylation is 2. The van der Waals surface area contributed by atoms with Crippen molar-refractivity contribution in [2.45, 2.75) is 19.8 Å². The zero-order valence-corrected chi connectivity index (χ0v) is 21.0. The van der Waals surface area contributed by atoms with Crippen LogP contribution in [0.3, 0.4) is 0 Å². The van der Waals surface area contributed by atoms with Gasteiger partial charge in [-0.3, -0.25) is 0 Å². The third-order valence-electron chi connectivity index (χ3n) is 5.99. The predicted octanol–water partition coefficient (Wildman–Crippen LogP) is 6.90. The SMILES string of the molecule is Cc1cc2oc(C(=O)Oc3ccc4c(c3)OC(N)=C(C#N)C4c3cccc(Br)c3)c(C)c2cc1Cl. The highest BCUT2D eigenvalue weighted by atomic mass is 79.9. The Morgan fingerprint density at radius 2 is 1.97 bits per heavy atom. The fourth-order valence-corrected chi connectivity index (χ4v) is 4.80. The maximum Gasteiger partial charge on any atom is 0.379 e. The lowest BCUT2D eigenvalue weighted by Gasteiger charge is -2.26. The first-order valence-electron chi connectivity index (χ1n) is 10.6. The molecule has 1 aliphatic rings. The van der Waals surface area contributed by atoms with E-state index in [1.807, 2.05) is 31.2 Å². The molecule has 0 saturated carbocycles. The molecule has 6 nitrogen and oxygen atoms in total. The Kier molecular flexibility index (Phi) is 5.79. The molecule has 8 heteroatoms. The Balaban J connectivity index is 1.50. The van der Waals surface area contributed by atoms with Crippen LogP contribution < -0.4 is 15.2 Å². The zero-order valence-electron chi connectivity index (χ0n) is 18.7. The van der Waals surface area contributed by atoms with Gasteiger partial charge < -0.3 is 19.6 Å². The van der Waals surface area contributed by atoms with Gasteiger partial charge >= 0.3 is 5.97 Å². The second-order valence-electron chi connectivity index (χ2n) is 8.22. The molecule has 1 aliphatic heterocycles. The van der Waals surface area contributed by atoms with E-state index in [1.54, 1.807) is 37.3 Å². The van der Waals surface area contributed by atoms with Crippen LogP contribution in [0.2, 0.25) is 5.02 Å². The molecule has 1 atom stereocenters. The van der Waals surface area contributed by atoms with E-state index in [2.05, 4.69) is 22.0 Å². The standard InChI is InChI=1S/C27H18BrClN2O4/c1-13-8-22-19(11-21(13)29)14(2)25(34-22)27(32)33-17-6-7-18-23(10-17)35-26(31)20(12-30)24(18)15-4-3-5-16(28)9-15/h3-11,24H,31H2,1-2H3. The second kappa shape index (κ2) is 8.81. The number of nitrogens with zero attached hydrogens (tertiary/aromatic N) is 1. The predicted molar refractivity (Wildman–Crippen MR) is 136 cm³/mol. The summed E-state index contributed by atoms with van der Waals surface area (Å²) in [4.78, 5) is 13.0. The van der Waals surface area contributed by atoms with Crippen LogP contribution >= 0.6 is 27.5 Å². The van der Waals surface area contributed by atoms with Crippen molar-refractivity contribution in [1.29, 1.82) is 5.26 Å². The number of nitriles is 1. The minimum atomic E-state index is -0.645. The van der Waals surface area contributed by atoms with Crippen molar-refractivity contribution in [1.82, 2.24) is 0 Å². The molecule has 0 radical (unpaired) electrons. The van der Waals surface area contributed by atoms with Crippen molar-refractivity contribution in [3.63, 3.8) is 0 Å². The maximum absolute atomic E-state index is 13.0. The van der Waals surface area contributed by atoms with Gasteiger partial charge in [-0.25, -0.2) is 4.79 Å². The summed E-state index contributed by atoms with van der Waals surface area (Å²) in [7, 11) is 0. The number of hydrogen-bond acceptors (Lipinski definition) is 6. The first kappa shape index (κ1) is 23.0. The molecule has 0 aliphatic carbocycles. The number of esters is 1. The van der Waals surface area contributed by atoms with Crippen molar-refractivity contribution >= 4 is 44.5 Å². The lowest BCUT2D eigenvalue weighted by atomic mass is 9.83. The Morgan fingerprint density at radius 3 is 2.71 bits per heavy atom. The average Bonchev–Trinajstić information content (AvgIpc) is 3.13. The summed E-state index contributed by atoms with van der Waals surface area (Å²) in [5.74, 6) is -0.304. The van der Waals surface area contributed by atoms with E-state index in [0.717, 1.165) is 26.5 Å². The first-order valence-corrected chi connectivity index (χ1v) is 11.8. The van der Waals surface area contributed by atoms with Crippen LogP contribution in [0.5, 0.6) is 11.5 Å². The van der Waals surface area contributed by atoms with Gasteiger partial charge in [0, 0.05) is 32.1 Å². The number of carbonyl (C=O) groups is 1. The summed E-state index contributed by atoms with van der Waals surface area (Å²) < 4.78 is 18.0. The molecule has 2 heterocycles. The minimum Gasteiger partial charge on any atom is -0.449 e. The maximum atomic E-state index is 13.0. The number of allylic oxidation sites excluding steroid dienone is 1. The monoisotopic (exact) mass is 548 g/mol. The number of fused-ring (bicyclic) bond motifs is 2. The van der Waals surface area contributed by atoms with Crippen LogP contribution in [-0.4, -0.2) is 5.97 Å². The lowest BCUT2D eigenvalue weighted by Crippen LogP contribution is -2.21. The van der Waals surface area contributed by atoms with Gasteiger partial charge in [-0.05, 0) is 55.3 Å². The van der Waals surface area contributed by atoms with Gasteiger partial charge in [0.05, 0.1) is 5.92 Å². The number of nitrogens with two attached hydrogens (primary N) is 1. The first-order chi connectivity index (χ1) is 16.8. The molecule has 174 valence electrons. The number of rotatable bonds is 3. The van der Waals surface area contributed by atoms with Gasteiger partial charge in [-0.1, -0.05) is 45.7 Å². The number of benzene rings is 3. The van der Waals surface area contributed by atoms with Gasteiger partial charge in [0.2, 0.25) is 11.6 Å². The molecule has 1 aromatic heterocycles.